The zero-order valence-electron chi connectivity index (χ0n) is 11.7. The molecule has 17 heavy (non-hydrogen) atoms. The van der Waals surface area contributed by atoms with Crippen molar-refractivity contribution in [3.05, 3.63) is 0 Å². The fraction of sp³-hybridized carbons (Fsp3) is 0.923. The Bertz CT molecular complexity index is 268. The van der Waals surface area contributed by atoms with Gasteiger partial charge in [0.25, 0.3) is 0 Å². The van der Waals surface area contributed by atoms with Gasteiger partial charge in [-0.15, -0.1) is 0 Å². The number of carbonyl (C=O) groups excluding carboxylic acids is 1. The van der Waals surface area contributed by atoms with Crippen molar-refractivity contribution in [2.75, 3.05) is 26.7 Å². The van der Waals surface area contributed by atoms with E-state index in [0.29, 0.717) is 5.41 Å². The number of nitrogens with one attached hydrogen (secondary N) is 1. The van der Waals surface area contributed by atoms with Gasteiger partial charge in [0.2, 0.25) is 5.91 Å². The summed E-state index contributed by atoms with van der Waals surface area (Å²) in [6, 6.07) is 0. The van der Waals surface area contributed by atoms with Crippen molar-refractivity contribution in [3.8, 4) is 0 Å². The number of likely N-dealkylation sites (tertiary alicyclic amines) is 1. The third-order valence-corrected chi connectivity index (χ3v) is 4.23. The number of carbonyl (C=O) groups is 1. The van der Waals surface area contributed by atoms with Crippen LogP contribution in [0.1, 0.15) is 40.0 Å². The smallest absolute Gasteiger partial charge is 0.237 e. The van der Waals surface area contributed by atoms with Crippen LogP contribution in [0.5, 0.6) is 0 Å². The molecule has 0 saturated carbocycles. The topological polar surface area (TPSA) is 58.4 Å². The quantitative estimate of drug-likeness (QED) is 0.754. The Morgan fingerprint density at radius 1 is 1.41 bits per heavy atom. The maximum atomic E-state index is 11.4. The minimum absolute atomic E-state index is 0.266. The highest BCUT2D eigenvalue weighted by atomic mass is 16.1. The number of hydrogen-bond acceptors (Lipinski definition) is 3. The molecule has 0 bridgehead atoms. The number of nitrogens with zero attached hydrogens (tertiary/aromatic N) is 1. The van der Waals surface area contributed by atoms with Gasteiger partial charge in [0.15, 0.2) is 0 Å². The van der Waals surface area contributed by atoms with Crippen LogP contribution in [0.2, 0.25) is 0 Å². The minimum Gasteiger partial charge on any atom is -0.368 e. The zero-order valence-corrected chi connectivity index (χ0v) is 11.7. The number of primary amides is 1. The Kier molecular flexibility index (Phi) is 4.55. The Balaban J connectivity index is 2.39. The van der Waals surface area contributed by atoms with Crippen LogP contribution in [0.4, 0.5) is 0 Å². The summed E-state index contributed by atoms with van der Waals surface area (Å²) in [5, 5.41) is 3.03. The van der Waals surface area contributed by atoms with Gasteiger partial charge in [0.05, 0.1) is 5.54 Å². The number of likely N-dealkylation sites (N-methyl/N-ethyl adjacent to an activating group) is 1. The number of hydrogen-bond donors (Lipinski definition) is 2. The second kappa shape index (κ2) is 5.36. The molecule has 0 aliphatic carbocycles. The second-order valence-electron chi connectivity index (χ2n) is 6.20. The first-order valence-corrected chi connectivity index (χ1v) is 6.50. The van der Waals surface area contributed by atoms with E-state index in [1.807, 2.05) is 6.92 Å². The molecule has 0 aromatic carbocycles. The Morgan fingerprint density at radius 3 is 2.35 bits per heavy atom. The average molecular weight is 241 g/mol. The third-order valence-electron chi connectivity index (χ3n) is 4.23. The van der Waals surface area contributed by atoms with Crippen molar-refractivity contribution in [2.45, 2.75) is 45.6 Å². The van der Waals surface area contributed by atoms with Crippen LogP contribution in [0.15, 0.2) is 0 Å². The highest BCUT2D eigenvalue weighted by molar-refractivity contribution is 5.84. The molecule has 1 heterocycles. The van der Waals surface area contributed by atoms with E-state index in [2.05, 4.69) is 24.1 Å². The lowest BCUT2D eigenvalue weighted by Crippen LogP contribution is -2.53. The third kappa shape index (κ3) is 3.96. The van der Waals surface area contributed by atoms with Crippen LogP contribution in [0, 0.1) is 5.41 Å². The summed E-state index contributed by atoms with van der Waals surface area (Å²) in [6.45, 7) is 9.73. The Labute approximate surface area is 105 Å². The van der Waals surface area contributed by atoms with Crippen molar-refractivity contribution < 1.29 is 4.79 Å². The summed E-state index contributed by atoms with van der Waals surface area (Å²) in [5.41, 5.74) is 5.32. The maximum Gasteiger partial charge on any atom is 0.237 e. The van der Waals surface area contributed by atoms with Gasteiger partial charge in [-0.25, -0.2) is 0 Å². The standard InChI is InChI=1S/C13H27N3O/c1-12(2)5-8-16(9-6-12)10-7-13(3,15-4)11(14)17/h15H,5-10H2,1-4H3,(H2,14,17). The van der Waals surface area contributed by atoms with Gasteiger partial charge in [0, 0.05) is 6.54 Å². The first-order chi connectivity index (χ1) is 7.79. The summed E-state index contributed by atoms with van der Waals surface area (Å²) in [4.78, 5) is 13.8. The van der Waals surface area contributed by atoms with Crippen LogP contribution in [-0.2, 0) is 4.79 Å². The van der Waals surface area contributed by atoms with Crippen LogP contribution >= 0.6 is 0 Å². The summed E-state index contributed by atoms with van der Waals surface area (Å²) in [7, 11) is 1.80. The first kappa shape index (κ1) is 14.5. The molecule has 1 amide bonds. The zero-order chi connectivity index (χ0) is 13.1. The minimum atomic E-state index is -0.576. The van der Waals surface area contributed by atoms with E-state index in [-0.39, 0.29) is 5.91 Å². The molecule has 0 aromatic heterocycles. The lowest BCUT2D eigenvalue weighted by molar-refractivity contribution is -0.124. The van der Waals surface area contributed by atoms with Crippen LogP contribution < -0.4 is 11.1 Å². The highest BCUT2D eigenvalue weighted by Crippen LogP contribution is 2.29. The summed E-state index contributed by atoms with van der Waals surface area (Å²) >= 11 is 0. The SMILES string of the molecule is CNC(C)(CCN1CCC(C)(C)CC1)C(N)=O. The van der Waals surface area contributed by atoms with Gasteiger partial charge in [-0.2, -0.15) is 0 Å². The molecule has 1 unspecified atom stereocenters. The molecule has 1 rings (SSSR count). The average Bonchev–Trinajstić information content (AvgIpc) is 2.27. The van der Waals surface area contributed by atoms with E-state index >= 15 is 0 Å². The number of piperidine rings is 1. The largest absolute Gasteiger partial charge is 0.368 e. The van der Waals surface area contributed by atoms with Gasteiger partial charge in [-0.05, 0) is 51.7 Å². The molecule has 100 valence electrons. The van der Waals surface area contributed by atoms with Crippen LogP contribution in [-0.4, -0.2) is 43.0 Å². The summed E-state index contributed by atoms with van der Waals surface area (Å²) in [6.07, 6.45) is 3.25. The maximum absolute atomic E-state index is 11.4. The molecule has 3 N–H and O–H groups in total. The van der Waals surface area contributed by atoms with Crippen molar-refractivity contribution in [1.82, 2.24) is 10.2 Å². The van der Waals surface area contributed by atoms with E-state index in [1.165, 1.54) is 12.8 Å². The van der Waals surface area contributed by atoms with Gasteiger partial charge in [-0.3, -0.25) is 4.79 Å². The lowest BCUT2D eigenvalue weighted by Gasteiger charge is -2.38. The molecule has 0 spiro atoms. The van der Waals surface area contributed by atoms with Crippen LogP contribution in [0.25, 0.3) is 0 Å². The van der Waals surface area contributed by atoms with Gasteiger partial charge >= 0.3 is 0 Å². The normalized spacial score (nSPS) is 24.2. The predicted molar refractivity (Wildman–Crippen MR) is 70.7 cm³/mol. The first-order valence-electron chi connectivity index (χ1n) is 6.50. The second-order valence-corrected chi connectivity index (χ2v) is 6.20. The number of nitrogens with two attached hydrogens (primary N) is 1. The fourth-order valence-corrected chi connectivity index (χ4v) is 2.14. The molecule has 1 aliphatic rings. The summed E-state index contributed by atoms with van der Waals surface area (Å²) < 4.78 is 0. The van der Waals surface area contributed by atoms with Crippen molar-refractivity contribution >= 4 is 5.91 Å². The molecular weight excluding hydrogens is 214 g/mol. The predicted octanol–water partition coefficient (Wildman–Crippen LogP) is 0.962. The molecule has 4 nitrogen and oxygen atoms in total. The molecule has 4 heteroatoms. The monoisotopic (exact) mass is 241 g/mol. The molecule has 1 atom stereocenters. The molecule has 0 radical (unpaired) electrons. The molecule has 1 saturated heterocycles. The fourth-order valence-electron chi connectivity index (χ4n) is 2.14. The van der Waals surface area contributed by atoms with Crippen LogP contribution in [0.3, 0.4) is 0 Å². The Hall–Kier alpha value is -0.610. The van der Waals surface area contributed by atoms with Crippen molar-refractivity contribution in [3.63, 3.8) is 0 Å². The van der Waals surface area contributed by atoms with Gasteiger partial charge < -0.3 is 16.0 Å². The van der Waals surface area contributed by atoms with Gasteiger partial charge in [-0.1, -0.05) is 13.8 Å². The van der Waals surface area contributed by atoms with E-state index < -0.39 is 5.54 Å². The molecule has 1 fully saturated rings. The Morgan fingerprint density at radius 2 is 1.94 bits per heavy atom. The summed E-state index contributed by atoms with van der Waals surface area (Å²) in [5.74, 6) is -0.266. The van der Waals surface area contributed by atoms with E-state index in [9.17, 15) is 4.79 Å². The van der Waals surface area contributed by atoms with E-state index in [4.69, 9.17) is 5.73 Å². The van der Waals surface area contributed by atoms with Crippen molar-refractivity contribution in [1.29, 1.82) is 0 Å². The van der Waals surface area contributed by atoms with E-state index in [1.54, 1.807) is 7.05 Å². The molecular formula is C13H27N3O. The molecule has 0 aromatic rings. The number of rotatable bonds is 5. The highest BCUT2D eigenvalue weighted by Gasteiger charge is 2.31. The van der Waals surface area contributed by atoms with Crippen molar-refractivity contribution in [2.24, 2.45) is 11.1 Å². The number of amides is 1. The lowest BCUT2D eigenvalue weighted by atomic mass is 9.82. The van der Waals surface area contributed by atoms with E-state index in [0.717, 1.165) is 26.1 Å². The molecule has 1 aliphatic heterocycles. The van der Waals surface area contributed by atoms with Gasteiger partial charge in [0.1, 0.15) is 0 Å².